The summed E-state index contributed by atoms with van der Waals surface area (Å²) < 4.78 is 6.32. The second kappa shape index (κ2) is 6.07. The van der Waals surface area contributed by atoms with E-state index in [1.165, 1.54) is 32.1 Å². The van der Waals surface area contributed by atoms with Crippen LogP contribution >= 0.6 is 0 Å². The molecule has 0 bridgehead atoms. The molecule has 0 heterocycles. The highest BCUT2D eigenvalue weighted by molar-refractivity contribution is 6.69. The molecule has 0 saturated heterocycles. The molecule has 0 spiro atoms. The van der Waals surface area contributed by atoms with Gasteiger partial charge in [0.2, 0.25) is 0 Å². The van der Waals surface area contributed by atoms with Crippen LogP contribution in [0.15, 0.2) is 0 Å². The lowest BCUT2D eigenvalue weighted by atomic mass is 9.91. The van der Waals surface area contributed by atoms with Gasteiger partial charge >= 0.3 is 0 Å². The fourth-order valence-electron chi connectivity index (χ4n) is 2.94. The zero-order chi connectivity index (χ0) is 12.9. The third kappa shape index (κ3) is 5.74. The van der Waals surface area contributed by atoms with E-state index >= 15 is 0 Å². The van der Waals surface area contributed by atoms with Gasteiger partial charge in [-0.15, -0.1) is 12.3 Å². The second-order valence-corrected chi connectivity index (χ2v) is 11.2. The predicted molar refractivity (Wildman–Crippen MR) is 77.5 cm³/mol. The fourth-order valence-corrected chi connectivity index (χ4v) is 4.59. The Bertz CT molecular complexity index is 268. The monoisotopic (exact) mass is 252 g/mol. The van der Waals surface area contributed by atoms with Gasteiger partial charge in [-0.2, -0.15) is 0 Å². The van der Waals surface area contributed by atoms with Crippen molar-refractivity contribution in [2.75, 3.05) is 0 Å². The number of hydrogen-bond acceptors (Lipinski definition) is 1. The van der Waals surface area contributed by atoms with Crippen LogP contribution in [-0.4, -0.2) is 13.9 Å². The molecule has 17 heavy (non-hydrogen) atoms. The number of hydrogen-bond donors (Lipinski definition) is 0. The van der Waals surface area contributed by atoms with Gasteiger partial charge in [-0.05, 0) is 45.3 Å². The van der Waals surface area contributed by atoms with E-state index in [-0.39, 0.29) is 5.60 Å². The first-order valence-electron chi connectivity index (χ1n) is 6.98. The molecule has 0 aromatic heterocycles. The van der Waals surface area contributed by atoms with Crippen molar-refractivity contribution in [2.45, 2.75) is 77.1 Å². The van der Waals surface area contributed by atoms with Crippen molar-refractivity contribution >= 4 is 8.32 Å². The molecule has 0 N–H and O–H groups in total. The van der Waals surface area contributed by atoms with Crippen LogP contribution in [-0.2, 0) is 4.43 Å². The van der Waals surface area contributed by atoms with E-state index < -0.39 is 8.32 Å². The molecule has 0 radical (unpaired) electrons. The van der Waals surface area contributed by atoms with Gasteiger partial charge in [0, 0.05) is 6.42 Å². The molecule has 1 saturated carbocycles. The zero-order valence-electron chi connectivity index (χ0n) is 12.0. The summed E-state index contributed by atoms with van der Waals surface area (Å²) in [6, 6.07) is 0. The summed E-state index contributed by atoms with van der Waals surface area (Å²) in [5.41, 5.74) is -0.0815. The molecule has 98 valence electrons. The van der Waals surface area contributed by atoms with E-state index in [0.29, 0.717) is 0 Å². The maximum Gasteiger partial charge on any atom is 0.184 e. The highest BCUT2D eigenvalue weighted by Gasteiger charge is 2.31. The Labute approximate surface area is 108 Å². The lowest BCUT2D eigenvalue weighted by Crippen LogP contribution is -2.40. The van der Waals surface area contributed by atoms with Crippen molar-refractivity contribution in [2.24, 2.45) is 5.92 Å². The average molecular weight is 252 g/mol. The Hall–Kier alpha value is -0.263. The van der Waals surface area contributed by atoms with E-state index in [9.17, 15) is 0 Å². The van der Waals surface area contributed by atoms with Crippen LogP contribution in [0.25, 0.3) is 0 Å². The third-order valence-electron chi connectivity index (χ3n) is 3.58. The van der Waals surface area contributed by atoms with Gasteiger partial charge in [-0.25, -0.2) is 0 Å². The Morgan fingerprint density at radius 2 is 1.88 bits per heavy atom. The zero-order valence-corrected chi connectivity index (χ0v) is 13.0. The SMILES string of the molecule is C#CC[C@@](C)(CCC1CCCC1)O[Si](C)(C)C. The van der Waals surface area contributed by atoms with Crippen molar-refractivity contribution in [1.82, 2.24) is 0 Å². The van der Waals surface area contributed by atoms with Crippen LogP contribution < -0.4 is 0 Å². The van der Waals surface area contributed by atoms with Crippen molar-refractivity contribution in [3.05, 3.63) is 0 Å². The van der Waals surface area contributed by atoms with Crippen LogP contribution in [0, 0.1) is 18.3 Å². The van der Waals surface area contributed by atoms with E-state index in [1.807, 2.05) is 0 Å². The first-order valence-corrected chi connectivity index (χ1v) is 10.4. The Balaban J connectivity index is 2.48. The Kier molecular flexibility index (Phi) is 5.28. The summed E-state index contributed by atoms with van der Waals surface area (Å²) in [4.78, 5) is 0. The quantitative estimate of drug-likeness (QED) is 0.496. The van der Waals surface area contributed by atoms with Gasteiger partial charge in [0.1, 0.15) is 0 Å². The molecule has 0 aromatic carbocycles. The minimum Gasteiger partial charge on any atom is -0.411 e. The predicted octanol–water partition coefficient (Wildman–Crippen LogP) is 4.59. The molecule has 0 unspecified atom stereocenters. The fraction of sp³-hybridized carbons (Fsp3) is 0.867. The molecule has 1 nitrogen and oxygen atoms in total. The minimum absolute atomic E-state index is 0.0815. The minimum atomic E-state index is -1.50. The molecular formula is C15H28OSi. The summed E-state index contributed by atoms with van der Waals surface area (Å²) in [7, 11) is -1.50. The Morgan fingerprint density at radius 1 is 1.29 bits per heavy atom. The summed E-state index contributed by atoms with van der Waals surface area (Å²) in [5, 5.41) is 0. The van der Waals surface area contributed by atoms with E-state index in [1.54, 1.807) is 0 Å². The van der Waals surface area contributed by atoms with Gasteiger partial charge < -0.3 is 4.43 Å². The van der Waals surface area contributed by atoms with Crippen LogP contribution in [0.5, 0.6) is 0 Å². The summed E-state index contributed by atoms with van der Waals surface area (Å²) in [6.45, 7) is 8.95. The first kappa shape index (κ1) is 14.8. The van der Waals surface area contributed by atoms with Crippen molar-refractivity contribution in [1.29, 1.82) is 0 Å². The molecule has 0 amide bonds. The number of terminal acetylenes is 1. The van der Waals surface area contributed by atoms with Gasteiger partial charge in [0.25, 0.3) is 0 Å². The molecule has 0 aromatic rings. The lowest BCUT2D eigenvalue weighted by Gasteiger charge is -2.36. The Morgan fingerprint density at radius 3 is 2.35 bits per heavy atom. The van der Waals surface area contributed by atoms with Gasteiger partial charge in [-0.1, -0.05) is 25.7 Å². The summed E-state index contributed by atoms with van der Waals surface area (Å²) >= 11 is 0. The highest BCUT2D eigenvalue weighted by atomic mass is 28.4. The maximum atomic E-state index is 6.32. The molecule has 1 aliphatic carbocycles. The molecule has 2 heteroatoms. The first-order chi connectivity index (χ1) is 7.85. The lowest BCUT2D eigenvalue weighted by molar-refractivity contribution is 0.0689. The summed E-state index contributed by atoms with van der Waals surface area (Å²) in [6.07, 6.45) is 14.4. The smallest absolute Gasteiger partial charge is 0.184 e. The van der Waals surface area contributed by atoms with Crippen LogP contribution in [0.4, 0.5) is 0 Å². The largest absolute Gasteiger partial charge is 0.411 e. The van der Waals surface area contributed by atoms with E-state index in [2.05, 4.69) is 32.5 Å². The third-order valence-corrected chi connectivity index (χ3v) is 4.69. The molecule has 1 atom stereocenters. The topological polar surface area (TPSA) is 9.23 Å². The van der Waals surface area contributed by atoms with Crippen molar-refractivity contribution < 1.29 is 4.43 Å². The van der Waals surface area contributed by atoms with Crippen molar-refractivity contribution in [3.63, 3.8) is 0 Å². The maximum absolute atomic E-state index is 6.32. The van der Waals surface area contributed by atoms with Gasteiger partial charge in [0.05, 0.1) is 5.60 Å². The number of rotatable bonds is 6. The molecule has 1 rings (SSSR count). The van der Waals surface area contributed by atoms with Crippen molar-refractivity contribution in [3.8, 4) is 12.3 Å². The molecule has 1 fully saturated rings. The summed E-state index contributed by atoms with van der Waals surface area (Å²) in [5.74, 6) is 3.73. The molecular weight excluding hydrogens is 224 g/mol. The molecule has 1 aliphatic rings. The van der Waals surface area contributed by atoms with E-state index in [4.69, 9.17) is 10.8 Å². The van der Waals surface area contributed by atoms with Crippen LogP contribution in [0.1, 0.15) is 51.9 Å². The van der Waals surface area contributed by atoms with Crippen LogP contribution in [0.3, 0.4) is 0 Å². The normalized spacial score (nSPS) is 21.1. The highest BCUT2D eigenvalue weighted by Crippen LogP contribution is 2.34. The van der Waals surface area contributed by atoms with Gasteiger partial charge in [-0.3, -0.25) is 0 Å². The van der Waals surface area contributed by atoms with E-state index in [0.717, 1.165) is 18.8 Å². The molecule has 0 aliphatic heterocycles. The van der Waals surface area contributed by atoms with Crippen LogP contribution in [0.2, 0.25) is 19.6 Å². The average Bonchev–Trinajstić information content (AvgIpc) is 2.64. The van der Waals surface area contributed by atoms with Gasteiger partial charge in [0.15, 0.2) is 8.32 Å². The standard InChI is InChI=1S/C15H28OSi/c1-6-12-15(2,16-17(3,4)5)13-11-14-9-7-8-10-14/h1,14H,7-13H2,2-5H3/t15-/m0/s1. The second-order valence-electron chi connectivity index (χ2n) is 6.73.